The summed E-state index contributed by atoms with van der Waals surface area (Å²) in [6, 6.07) is 7.31. The first-order valence-electron chi connectivity index (χ1n) is 18.3. The molecule has 3 atom stereocenters. The molecule has 2 unspecified atom stereocenters. The van der Waals surface area contributed by atoms with Crippen molar-refractivity contribution in [2.45, 2.75) is 115 Å². The predicted molar refractivity (Wildman–Crippen MR) is 197 cm³/mol. The van der Waals surface area contributed by atoms with Crippen LogP contribution in [-0.2, 0) is 24.3 Å². The van der Waals surface area contributed by atoms with Gasteiger partial charge in [-0.05, 0) is 128 Å². The maximum Gasteiger partial charge on any atom is 0.410 e. The molecular formula is C37H51ClN6O7S. The fourth-order valence-corrected chi connectivity index (χ4v) is 9.05. The Labute approximate surface area is 311 Å². The lowest BCUT2D eigenvalue weighted by atomic mass is 9.69. The molecule has 0 radical (unpaired) electrons. The minimum atomic E-state index is -4.36. The smallest absolute Gasteiger partial charge is 0.410 e. The van der Waals surface area contributed by atoms with Crippen molar-refractivity contribution in [3.63, 3.8) is 0 Å². The Hall–Kier alpha value is -3.49. The first-order valence-corrected chi connectivity index (χ1v) is 20.2. The first-order chi connectivity index (χ1) is 24.5. The number of amides is 3. The lowest BCUT2D eigenvalue weighted by molar-refractivity contribution is -0.127. The van der Waals surface area contributed by atoms with Gasteiger partial charge in [0.2, 0.25) is 0 Å². The number of aromatic nitrogens is 2. The number of ether oxygens (including phenoxy) is 2. The van der Waals surface area contributed by atoms with Crippen molar-refractivity contribution < 1.29 is 32.3 Å². The molecule has 2 aromatic rings. The molecule has 0 bridgehead atoms. The second-order valence-corrected chi connectivity index (χ2v) is 18.4. The van der Waals surface area contributed by atoms with E-state index < -0.39 is 27.6 Å². The molecule has 4 fully saturated rings. The zero-order valence-electron chi connectivity index (χ0n) is 30.7. The standard InChI is InChI=1S/C37H51ClN6O7S/c1-35(2,3)51-34(47)44-23-24(22-36(44,4)5)8-7-19-39-28-9-6-10-30(40-28)52(48,49)42-32(45)26-11-12-29(41-31(26)38)43-20-14-27(33(43)46)50-21-15-25-13-16-37(25)17-18-37/h6,9-12,24-25,27H,7-8,13-23H2,1-5H3,(H,39,40)(H,42,45)/t24-,25?,27?/m0/s1. The Morgan fingerprint density at radius 2 is 1.83 bits per heavy atom. The quantitative estimate of drug-likeness (QED) is 0.178. The van der Waals surface area contributed by atoms with E-state index in [0.717, 1.165) is 25.7 Å². The maximum absolute atomic E-state index is 13.2. The second kappa shape index (κ2) is 14.7. The lowest BCUT2D eigenvalue weighted by Gasteiger charge is -2.37. The molecule has 4 heterocycles. The fourth-order valence-electron chi connectivity index (χ4n) is 7.88. The molecule has 2 saturated heterocycles. The molecule has 1 spiro atoms. The summed E-state index contributed by atoms with van der Waals surface area (Å²) >= 11 is 6.36. The van der Waals surface area contributed by atoms with Crippen molar-refractivity contribution in [3.05, 3.63) is 41.0 Å². The van der Waals surface area contributed by atoms with Gasteiger partial charge in [-0.2, -0.15) is 8.42 Å². The van der Waals surface area contributed by atoms with E-state index >= 15 is 0 Å². The van der Waals surface area contributed by atoms with Crippen LogP contribution in [0.5, 0.6) is 0 Å². The first kappa shape index (κ1) is 38.2. The number of pyridine rings is 2. The number of hydrogen-bond acceptors (Lipinski definition) is 10. The van der Waals surface area contributed by atoms with E-state index in [-0.39, 0.29) is 39.1 Å². The molecule has 6 rings (SSSR count). The van der Waals surface area contributed by atoms with Crippen LogP contribution < -0.4 is 14.9 Å². The van der Waals surface area contributed by atoms with Gasteiger partial charge in [0, 0.05) is 38.2 Å². The Kier molecular flexibility index (Phi) is 10.8. The third-order valence-electron chi connectivity index (χ3n) is 10.9. The van der Waals surface area contributed by atoms with Gasteiger partial charge in [-0.25, -0.2) is 19.5 Å². The van der Waals surface area contributed by atoms with E-state index in [1.807, 2.05) is 39.3 Å². The third kappa shape index (κ3) is 8.65. The van der Waals surface area contributed by atoms with Gasteiger partial charge < -0.3 is 19.7 Å². The minimum absolute atomic E-state index is 0.155. The van der Waals surface area contributed by atoms with Crippen LogP contribution in [0.2, 0.25) is 5.15 Å². The number of nitrogens with zero attached hydrogens (tertiary/aromatic N) is 4. The molecule has 2 saturated carbocycles. The van der Waals surface area contributed by atoms with E-state index in [0.29, 0.717) is 55.7 Å². The SMILES string of the molecule is CC(C)(C)OC(=O)N1C[C@@H](CCCNc2cccc(S(=O)(=O)NC(=O)c3ccc(N4CCC(OCCC5CCC56CC6)C4=O)nc3Cl)n2)CC1(C)C. The highest BCUT2D eigenvalue weighted by molar-refractivity contribution is 7.90. The molecule has 0 aromatic carbocycles. The molecule has 3 amide bonds. The number of halogens is 1. The van der Waals surface area contributed by atoms with E-state index in [9.17, 15) is 22.8 Å². The molecular weight excluding hydrogens is 708 g/mol. The molecule has 52 heavy (non-hydrogen) atoms. The predicted octanol–water partition coefficient (Wildman–Crippen LogP) is 6.18. The van der Waals surface area contributed by atoms with Crippen molar-refractivity contribution in [2.24, 2.45) is 17.3 Å². The van der Waals surface area contributed by atoms with Gasteiger partial charge in [0.05, 0.1) is 5.56 Å². The van der Waals surface area contributed by atoms with Crippen LogP contribution in [-0.4, -0.2) is 84.7 Å². The van der Waals surface area contributed by atoms with Gasteiger partial charge in [0.1, 0.15) is 28.5 Å². The summed E-state index contributed by atoms with van der Waals surface area (Å²) in [6.45, 7) is 11.8. The van der Waals surface area contributed by atoms with Crippen molar-refractivity contribution in [1.82, 2.24) is 19.6 Å². The van der Waals surface area contributed by atoms with Crippen LogP contribution in [0.3, 0.4) is 0 Å². The molecule has 284 valence electrons. The summed E-state index contributed by atoms with van der Waals surface area (Å²) < 4.78 is 39.9. The van der Waals surface area contributed by atoms with E-state index in [2.05, 4.69) is 15.3 Å². The highest BCUT2D eigenvalue weighted by Crippen LogP contribution is 2.65. The molecule has 4 aliphatic rings. The number of carbonyl (C=O) groups excluding carboxylic acids is 3. The number of carbonyl (C=O) groups is 3. The Morgan fingerprint density at radius 1 is 1.06 bits per heavy atom. The van der Waals surface area contributed by atoms with Crippen molar-refractivity contribution in [3.8, 4) is 0 Å². The Balaban J connectivity index is 0.971. The van der Waals surface area contributed by atoms with Gasteiger partial charge in [-0.1, -0.05) is 17.7 Å². The lowest BCUT2D eigenvalue weighted by Crippen LogP contribution is -2.45. The number of anilines is 2. The summed E-state index contributed by atoms with van der Waals surface area (Å²) in [4.78, 5) is 50.6. The molecule has 13 nitrogen and oxygen atoms in total. The number of likely N-dealkylation sites (tertiary alicyclic amines) is 1. The molecule has 2 aliphatic heterocycles. The monoisotopic (exact) mass is 758 g/mol. The topological polar surface area (TPSA) is 160 Å². The largest absolute Gasteiger partial charge is 0.444 e. The van der Waals surface area contributed by atoms with Crippen LogP contribution >= 0.6 is 11.6 Å². The van der Waals surface area contributed by atoms with Crippen molar-refractivity contribution in [1.29, 1.82) is 0 Å². The number of sulfonamides is 1. The molecule has 2 aromatic heterocycles. The third-order valence-corrected chi connectivity index (χ3v) is 12.5. The van der Waals surface area contributed by atoms with Crippen LogP contribution in [0.4, 0.5) is 16.4 Å². The maximum atomic E-state index is 13.2. The highest BCUT2D eigenvalue weighted by atomic mass is 35.5. The van der Waals surface area contributed by atoms with Gasteiger partial charge in [-0.3, -0.25) is 14.5 Å². The Bertz CT molecular complexity index is 1790. The van der Waals surface area contributed by atoms with E-state index in [1.165, 1.54) is 54.8 Å². The van der Waals surface area contributed by atoms with Crippen LogP contribution in [0.1, 0.15) is 103 Å². The normalized spacial score (nSPS) is 23.4. The van der Waals surface area contributed by atoms with Crippen molar-refractivity contribution in [2.75, 3.05) is 36.5 Å². The molecule has 15 heteroatoms. The van der Waals surface area contributed by atoms with Gasteiger partial charge >= 0.3 is 6.09 Å². The van der Waals surface area contributed by atoms with Gasteiger partial charge in [0.25, 0.3) is 21.8 Å². The summed E-state index contributed by atoms with van der Waals surface area (Å²) in [5, 5.41) is 2.59. The second-order valence-electron chi connectivity index (χ2n) is 16.4. The van der Waals surface area contributed by atoms with Crippen LogP contribution in [0.15, 0.2) is 35.4 Å². The van der Waals surface area contributed by atoms with E-state index in [4.69, 9.17) is 21.1 Å². The Morgan fingerprint density at radius 3 is 2.50 bits per heavy atom. The van der Waals surface area contributed by atoms with Gasteiger partial charge in [-0.15, -0.1) is 0 Å². The van der Waals surface area contributed by atoms with Gasteiger partial charge in [0.15, 0.2) is 5.03 Å². The van der Waals surface area contributed by atoms with Crippen molar-refractivity contribution >= 4 is 51.2 Å². The number of nitrogens with one attached hydrogen (secondary N) is 2. The molecule has 2 aliphatic carbocycles. The zero-order chi connectivity index (χ0) is 37.5. The molecule has 2 N–H and O–H groups in total. The summed E-state index contributed by atoms with van der Waals surface area (Å²) in [7, 11) is -4.36. The van der Waals surface area contributed by atoms with Crippen LogP contribution in [0, 0.1) is 17.3 Å². The summed E-state index contributed by atoms with van der Waals surface area (Å²) in [5.74, 6) is 0.458. The van der Waals surface area contributed by atoms with E-state index in [1.54, 1.807) is 11.0 Å². The zero-order valence-corrected chi connectivity index (χ0v) is 32.3. The number of rotatable bonds is 13. The summed E-state index contributed by atoms with van der Waals surface area (Å²) in [5.41, 5.74) is -0.451. The summed E-state index contributed by atoms with van der Waals surface area (Å²) in [6.07, 6.45) is 8.37. The van der Waals surface area contributed by atoms with Crippen LogP contribution in [0.25, 0.3) is 0 Å². The average molecular weight is 759 g/mol. The number of hydrogen-bond donors (Lipinski definition) is 2. The fraction of sp³-hybridized carbons (Fsp3) is 0.649. The average Bonchev–Trinajstić information content (AvgIpc) is 3.73. The highest BCUT2D eigenvalue weighted by Gasteiger charge is 2.54. The minimum Gasteiger partial charge on any atom is -0.444 e.